The summed E-state index contributed by atoms with van der Waals surface area (Å²) in [7, 11) is 0. The molecule has 0 unspecified atom stereocenters. The Balaban J connectivity index is 2.05. The summed E-state index contributed by atoms with van der Waals surface area (Å²) in [5.41, 5.74) is 7.17. The normalized spacial score (nSPS) is 13.8. The number of rotatable bonds is 0. The standard InChI is InChI=1S/C20H17N/c1-12-3-5-14-10-18-17-6-4-13(2)16-7-8-21(20(16)17)19(18)11-15(14)9-12/h3-6,9-11H,7-8H2,1-2H3. The molecule has 1 aromatic heterocycles. The predicted molar refractivity (Wildman–Crippen MR) is 90.1 cm³/mol. The van der Waals surface area contributed by atoms with Crippen molar-refractivity contribution < 1.29 is 0 Å². The lowest BCUT2D eigenvalue weighted by Gasteiger charge is -2.04. The highest BCUT2D eigenvalue weighted by atomic mass is 15.0. The maximum absolute atomic E-state index is 2.52. The van der Waals surface area contributed by atoms with E-state index in [0.717, 1.165) is 6.54 Å². The maximum Gasteiger partial charge on any atom is 0.0527 e. The van der Waals surface area contributed by atoms with Crippen LogP contribution in [0, 0.1) is 13.8 Å². The molecule has 0 aliphatic carbocycles. The molecule has 0 saturated carbocycles. The van der Waals surface area contributed by atoms with Crippen LogP contribution in [-0.4, -0.2) is 4.57 Å². The first kappa shape index (κ1) is 11.4. The molecular weight excluding hydrogens is 254 g/mol. The molecule has 102 valence electrons. The van der Waals surface area contributed by atoms with Gasteiger partial charge < -0.3 is 4.57 Å². The van der Waals surface area contributed by atoms with Crippen molar-refractivity contribution in [3.05, 3.63) is 59.2 Å². The van der Waals surface area contributed by atoms with E-state index in [4.69, 9.17) is 0 Å². The van der Waals surface area contributed by atoms with Gasteiger partial charge in [0.25, 0.3) is 0 Å². The Kier molecular flexibility index (Phi) is 1.99. The smallest absolute Gasteiger partial charge is 0.0527 e. The van der Waals surface area contributed by atoms with Gasteiger partial charge in [0.2, 0.25) is 0 Å². The summed E-state index contributed by atoms with van der Waals surface area (Å²) in [6, 6.07) is 16.1. The third kappa shape index (κ3) is 1.36. The van der Waals surface area contributed by atoms with Gasteiger partial charge in [0, 0.05) is 22.8 Å². The van der Waals surface area contributed by atoms with Crippen molar-refractivity contribution in [1.29, 1.82) is 0 Å². The van der Waals surface area contributed by atoms with Crippen LogP contribution >= 0.6 is 0 Å². The lowest BCUT2D eigenvalue weighted by molar-refractivity contribution is 0.794. The lowest BCUT2D eigenvalue weighted by Crippen LogP contribution is -1.91. The molecule has 1 aliphatic heterocycles. The van der Waals surface area contributed by atoms with Crippen molar-refractivity contribution >= 4 is 32.6 Å². The molecule has 0 bridgehead atoms. The fourth-order valence-corrected chi connectivity index (χ4v) is 4.00. The average molecular weight is 271 g/mol. The van der Waals surface area contributed by atoms with Gasteiger partial charge in [-0.05, 0) is 54.3 Å². The van der Waals surface area contributed by atoms with Crippen LogP contribution in [0.25, 0.3) is 32.6 Å². The van der Waals surface area contributed by atoms with Crippen LogP contribution in [-0.2, 0) is 13.0 Å². The first-order valence-electron chi connectivity index (χ1n) is 7.67. The molecule has 1 heteroatoms. The van der Waals surface area contributed by atoms with Crippen LogP contribution in [0.3, 0.4) is 0 Å². The van der Waals surface area contributed by atoms with Crippen LogP contribution in [0.1, 0.15) is 16.7 Å². The molecule has 21 heavy (non-hydrogen) atoms. The van der Waals surface area contributed by atoms with Crippen molar-refractivity contribution in [3.63, 3.8) is 0 Å². The molecule has 2 heterocycles. The molecule has 4 aromatic rings. The fourth-order valence-electron chi connectivity index (χ4n) is 4.00. The van der Waals surface area contributed by atoms with E-state index in [0.29, 0.717) is 0 Å². The molecule has 3 aromatic carbocycles. The van der Waals surface area contributed by atoms with Gasteiger partial charge in [-0.1, -0.05) is 35.9 Å². The fraction of sp³-hybridized carbons (Fsp3) is 0.200. The first-order valence-corrected chi connectivity index (χ1v) is 7.67. The predicted octanol–water partition coefficient (Wildman–Crippen LogP) is 5.12. The summed E-state index contributed by atoms with van der Waals surface area (Å²) >= 11 is 0. The zero-order valence-electron chi connectivity index (χ0n) is 12.4. The highest BCUT2D eigenvalue weighted by Crippen LogP contribution is 2.38. The van der Waals surface area contributed by atoms with Crippen LogP contribution in [0.5, 0.6) is 0 Å². The Labute approximate surface area is 123 Å². The molecule has 0 radical (unpaired) electrons. The molecule has 0 spiro atoms. The molecule has 0 atom stereocenters. The van der Waals surface area contributed by atoms with Gasteiger partial charge in [0.15, 0.2) is 0 Å². The van der Waals surface area contributed by atoms with Gasteiger partial charge >= 0.3 is 0 Å². The van der Waals surface area contributed by atoms with Gasteiger partial charge in [-0.3, -0.25) is 0 Å². The molecule has 0 fully saturated rings. The number of hydrogen-bond acceptors (Lipinski definition) is 0. The number of aryl methyl sites for hydroxylation is 4. The minimum Gasteiger partial charge on any atom is -0.340 e. The summed E-state index contributed by atoms with van der Waals surface area (Å²) in [5, 5.41) is 5.52. The summed E-state index contributed by atoms with van der Waals surface area (Å²) < 4.78 is 2.52. The number of benzene rings is 3. The highest BCUT2D eigenvalue weighted by molar-refractivity contribution is 6.14. The van der Waals surface area contributed by atoms with Crippen molar-refractivity contribution in [1.82, 2.24) is 4.57 Å². The maximum atomic E-state index is 2.52. The Morgan fingerprint density at radius 2 is 1.76 bits per heavy atom. The zero-order chi connectivity index (χ0) is 14.1. The van der Waals surface area contributed by atoms with Crippen LogP contribution in [0.2, 0.25) is 0 Å². The first-order chi connectivity index (χ1) is 10.2. The van der Waals surface area contributed by atoms with Crippen LogP contribution in [0.4, 0.5) is 0 Å². The monoisotopic (exact) mass is 271 g/mol. The van der Waals surface area contributed by atoms with Crippen LogP contribution in [0.15, 0.2) is 42.5 Å². The number of fused-ring (bicyclic) bond motifs is 4. The summed E-state index contributed by atoms with van der Waals surface area (Å²) in [5.74, 6) is 0. The van der Waals surface area contributed by atoms with Crippen molar-refractivity contribution in [2.75, 3.05) is 0 Å². The Morgan fingerprint density at radius 1 is 0.857 bits per heavy atom. The number of aromatic nitrogens is 1. The Bertz CT molecular complexity index is 1050. The van der Waals surface area contributed by atoms with Gasteiger partial charge in [0.05, 0.1) is 5.52 Å². The van der Waals surface area contributed by atoms with Crippen molar-refractivity contribution in [2.45, 2.75) is 26.8 Å². The van der Waals surface area contributed by atoms with Crippen LogP contribution < -0.4 is 0 Å². The largest absolute Gasteiger partial charge is 0.340 e. The highest BCUT2D eigenvalue weighted by Gasteiger charge is 2.20. The molecule has 1 nitrogen and oxygen atoms in total. The van der Waals surface area contributed by atoms with E-state index in [1.165, 1.54) is 50.1 Å². The van der Waals surface area contributed by atoms with Gasteiger partial charge in [-0.2, -0.15) is 0 Å². The summed E-state index contributed by atoms with van der Waals surface area (Å²) in [6.45, 7) is 5.53. The van der Waals surface area contributed by atoms with E-state index in [9.17, 15) is 0 Å². The van der Waals surface area contributed by atoms with Gasteiger partial charge in [-0.25, -0.2) is 0 Å². The average Bonchev–Trinajstić information content (AvgIpc) is 3.03. The summed E-state index contributed by atoms with van der Waals surface area (Å²) in [4.78, 5) is 0. The minimum atomic E-state index is 1.12. The van der Waals surface area contributed by atoms with Crippen molar-refractivity contribution in [3.8, 4) is 0 Å². The van der Waals surface area contributed by atoms with Crippen molar-refractivity contribution in [2.24, 2.45) is 0 Å². The molecule has 0 amide bonds. The van der Waals surface area contributed by atoms with E-state index in [-0.39, 0.29) is 0 Å². The topological polar surface area (TPSA) is 4.93 Å². The van der Waals surface area contributed by atoms with E-state index >= 15 is 0 Å². The Hall–Kier alpha value is -2.28. The quantitative estimate of drug-likeness (QED) is 0.418. The molecule has 0 saturated heterocycles. The Morgan fingerprint density at radius 3 is 2.67 bits per heavy atom. The zero-order valence-corrected chi connectivity index (χ0v) is 12.4. The number of nitrogens with zero attached hydrogens (tertiary/aromatic N) is 1. The second-order valence-corrected chi connectivity index (χ2v) is 6.38. The summed E-state index contributed by atoms with van der Waals surface area (Å²) in [6.07, 6.45) is 1.18. The second-order valence-electron chi connectivity index (χ2n) is 6.38. The van der Waals surface area contributed by atoms with E-state index in [1.807, 2.05) is 0 Å². The molecular formula is C20H17N. The van der Waals surface area contributed by atoms with E-state index in [2.05, 4.69) is 60.9 Å². The van der Waals surface area contributed by atoms with E-state index < -0.39 is 0 Å². The molecule has 1 aliphatic rings. The molecule has 0 N–H and O–H groups in total. The lowest BCUT2D eigenvalue weighted by atomic mass is 10.0. The minimum absolute atomic E-state index is 1.12. The van der Waals surface area contributed by atoms with E-state index in [1.54, 1.807) is 5.56 Å². The third-order valence-corrected chi connectivity index (χ3v) is 5.06. The third-order valence-electron chi connectivity index (χ3n) is 5.06. The number of hydrogen-bond donors (Lipinski definition) is 0. The van der Waals surface area contributed by atoms with Gasteiger partial charge in [-0.15, -0.1) is 0 Å². The molecule has 5 rings (SSSR count). The SMILES string of the molecule is Cc1ccc2cc3c4ccc(C)c5c4n(c3cc2c1)CC5. The second kappa shape index (κ2) is 3.67. The van der Waals surface area contributed by atoms with Gasteiger partial charge in [0.1, 0.15) is 0 Å².